The molecule has 1 aliphatic heterocycles. The summed E-state index contributed by atoms with van der Waals surface area (Å²) < 4.78 is 4.70. The van der Waals surface area contributed by atoms with Gasteiger partial charge in [0.25, 0.3) is 0 Å². The average Bonchev–Trinajstić information content (AvgIpc) is 2.82. The van der Waals surface area contributed by atoms with Crippen molar-refractivity contribution in [1.29, 1.82) is 0 Å². The molecule has 0 N–H and O–H groups in total. The van der Waals surface area contributed by atoms with Crippen LogP contribution in [0.4, 0.5) is 5.13 Å². The van der Waals surface area contributed by atoms with E-state index in [1.807, 2.05) is 0 Å². The van der Waals surface area contributed by atoms with Gasteiger partial charge in [0, 0.05) is 32.6 Å². The number of nitrogens with zero attached hydrogens (tertiary/aromatic N) is 3. The standard InChI is InChI=1S/C13H19N3O3S/c1-8-7-15(3)5-6-16(8)13-14-10(12(18)19-4)11(20-13)9(2)17/h8H,5-7H2,1-4H3. The summed E-state index contributed by atoms with van der Waals surface area (Å²) in [6.45, 7) is 6.26. The molecule has 0 aliphatic carbocycles. The largest absolute Gasteiger partial charge is 0.464 e. The first-order valence-corrected chi connectivity index (χ1v) is 7.31. The molecule has 110 valence electrons. The van der Waals surface area contributed by atoms with Gasteiger partial charge >= 0.3 is 5.97 Å². The molecule has 0 saturated carbocycles. The van der Waals surface area contributed by atoms with Crippen LogP contribution in [0.3, 0.4) is 0 Å². The number of Topliss-reactive ketones (excluding diaryl/α,β-unsaturated/α-hetero) is 1. The van der Waals surface area contributed by atoms with Gasteiger partial charge in [-0.2, -0.15) is 0 Å². The van der Waals surface area contributed by atoms with Crippen molar-refractivity contribution < 1.29 is 14.3 Å². The first-order chi connectivity index (χ1) is 9.43. The van der Waals surface area contributed by atoms with Crippen LogP contribution < -0.4 is 4.90 Å². The number of anilines is 1. The Labute approximate surface area is 122 Å². The molecule has 1 fully saturated rings. The van der Waals surface area contributed by atoms with Crippen LogP contribution in [0.5, 0.6) is 0 Å². The van der Waals surface area contributed by atoms with Crippen molar-refractivity contribution in [3.8, 4) is 0 Å². The molecule has 1 aliphatic rings. The van der Waals surface area contributed by atoms with E-state index in [1.54, 1.807) is 0 Å². The van der Waals surface area contributed by atoms with E-state index in [-0.39, 0.29) is 11.5 Å². The van der Waals surface area contributed by atoms with E-state index < -0.39 is 5.97 Å². The molecule has 1 unspecified atom stereocenters. The zero-order chi connectivity index (χ0) is 14.9. The predicted molar refractivity (Wildman–Crippen MR) is 77.8 cm³/mol. The molecule has 1 aromatic heterocycles. The first-order valence-electron chi connectivity index (χ1n) is 6.49. The van der Waals surface area contributed by atoms with Crippen molar-refractivity contribution in [2.75, 3.05) is 38.7 Å². The van der Waals surface area contributed by atoms with Gasteiger partial charge in [0.2, 0.25) is 0 Å². The highest BCUT2D eigenvalue weighted by molar-refractivity contribution is 7.17. The summed E-state index contributed by atoms with van der Waals surface area (Å²) in [5.41, 5.74) is 0.131. The van der Waals surface area contributed by atoms with Gasteiger partial charge < -0.3 is 14.5 Å². The summed E-state index contributed by atoms with van der Waals surface area (Å²) in [5, 5.41) is 0.719. The average molecular weight is 297 g/mol. The molecule has 0 bridgehead atoms. The molecule has 2 rings (SSSR count). The predicted octanol–water partition coefficient (Wildman–Crippen LogP) is 1.27. The van der Waals surface area contributed by atoms with Crippen molar-refractivity contribution in [3.05, 3.63) is 10.6 Å². The summed E-state index contributed by atoms with van der Waals surface area (Å²) in [6, 6.07) is 0.296. The number of carbonyl (C=O) groups is 2. The third-order valence-electron chi connectivity index (χ3n) is 3.39. The van der Waals surface area contributed by atoms with Gasteiger partial charge in [0.1, 0.15) is 4.88 Å². The van der Waals surface area contributed by atoms with E-state index in [0.717, 1.165) is 24.8 Å². The lowest BCUT2D eigenvalue weighted by atomic mass is 10.2. The van der Waals surface area contributed by atoms with E-state index in [9.17, 15) is 9.59 Å². The van der Waals surface area contributed by atoms with Crippen molar-refractivity contribution in [2.24, 2.45) is 0 Å². The van der Waals surface area contributed by atoms with Crippen molar-refractivity contribution in [3.63, 3.8) is 0 Å². The SMILES string of the molecule is COC(=O)c1nc(N2CCN(C)CC2C)sc1C(C)=O. The number of thiazole rings is 1. The molecule has 1 aromatic rings. The van der Waals surface area contributed by atoms with Crippen LogP contribution in [0.2, 0.25) is 0 Å². The Bertz CT molecular complexity index is 529. The van der Waals surface area contributed by atoms with E-state index in [2.05, 4.69) is 28.8 Å². The minimum absolute atomic E-state index is 0.131. The first kappa shape index (κ1) is 14.9. The fourth-order valence-electron chi connectivity index (χ4n) is 2.33. The zero-order valence-electron chi connectivity index (χ0n) is 12.2. The molecule has 1 saturated heterocycles. The Balaban J connectivity index is 2.33. The number of ether oxygens (including phenoxy) is 1. The maximum atomic E-state index is 11.7. The lowest BCUT2D eigenvalue weighted by molar-refractivity contribution is 0.0591. The van der Waals surface area contributed by atoms with Gasteiger partial charge in [-0.1, -0.05) is 11.3 Å². The van der Waals surface area contributed by atoms with E-state index in [0.29, 0.717) is 10.9 Å². The number of aromatic nitrogens is 1. The van der Waals surface area contributed by atoms with Gasteiger partial charge in [-0.05, 0) is 14.0 Å². The normalized spacial score (nSPS) is 20.0. The quantitative estimate of drug-likeness (QED) is 0.618. The molecule has 20 heavy (non-hydrogen) atoms. The number of hydrogen-bond acceptors (Lipinski definition) is 7. The van der Waals surface area contributed by atoms with Crippen molar-refractivity contribution >= 4 is 28.2 Å². The molecule has 7 heteroatoms. The van der Waals surface area contributed by atoms with Crippen LogP contribution in [0, 0.1) is 0 Å². The Morgan fingerprint density at radius 3 is 2.65 bits per heavy atom. The van der Waals surface area contributed by atoms with E-state index >= 15 is 0 Å². The molecular formula is C13H19N3O3S. The van der Waals surface area contributed by atoms with Crippen LogP contribution in [0.1, 0.15) is 34.0 Å². The third kappa shape index (κ3) is 2.83. The smallest absolute Gasteiger partial charge is 0.358 e. The van der Waals surface area contributed by atoms with E-state index in [1.165, 1.54) is 25.4 Å². The molecule has 0 spiro atoms. The lowest BCUT2D eigenvalue weighted by Gasteiger charge is -2.38. The van der Waals surface area contributed by atoms with Crippen LogP contribution >= 0.6 is 11.3 Å². The number of ketones is 1. The molecule has 6 nitrogen and oxygen atoms in total. The summed E-state index contributed by atoms with van der Waals surface area (Å²) >= 11 is 1.27. The van der Waals surface area contributed by atoms with Crippen LogP contribution in [-0.2, 0) is 4.74 Å². The van der Waals surface area contributed by atoms with Crippen LogP contribution in [-0.4, -0.2) is 61.5 Å². The monoisotopic (exact) mass is 297 g/mol. The summed E-state index contributed by atoms with van der Waals surface area (Å²) in [5.74, 6) is -0.713. The molecule has 1 atom stereocenters. The highest BCUT2D eigenvalue weighted by Gasteiger charge is 2.28. The number of piperazine rings is 1. The minimum Gasteiger partial charge on any atom is -0.464 e. The maximum Gasteiger partial charge on any atom is 0.358 e. The van der Waals surface area contributed by atoms with Gasteiger partial charge in [0.05, 0.1) is 7.11 Å². The molecule has 0 amide bonds. The van der Waals surface area contributed by atoms with Crippen LogP contribution in [0.25, 0.3) is 0 Å². The number of rotatable bonds is 3. The second kappa shape index (κ2) is 5.88. The van der Waals surface area contributed by atoms with Gasteiger partial charge in [-0.3, -0.25) is 4.79 Å². The fourth-order valence-corrected chi connectivity index (χ4v) is 3.41. The van der Waals surface area contributed by atoms with Crippen molar-refractivity contribution in [2.45, 2.75) is 19.9 Å². The lowest BCUT2D eigenvalue weighted by Crippen LogP contribution is -2.50. The Kier molecular flexibility index (Phi) is 4.39. The second-order valence-corrected chi connectivity index (χ2v) is 6.00. The van der Waals surface area contributed by atoms with Crippen LogP contribution in [0.15, 0.2) is 0 Å². The molecule has 2 heterocycles. The third-order valence-corrected chi connectivity index (χ3v) is 4.58. The van der Waals surface area contributed by atoms with Gasteiger partial charge in [-0.25, -0.2) is 9.78 Å². The number of esters is 1. The fraction of sp³-hybridized carbons (Fsp3) is 0.615. The van der Waals surface area contributed by atoms with Gasteiger partial charge in [-0.15, -0.1) is 0 Å². The minimum atomic E-state index is -0.556. The Morgan fingerprint density at radius 1 is 1.40 bits per heavy atom. The number of carbonyl (C=O) groups excluding carboxylic acids is 2. The Hall–Kier alpha value is -1.47. The number of hydrogen-bond donors (Lipinski definition) is 0. The number of methoxy groups -OCH3 is 1. The molecular weight excluding hydrogens is 278 g/mol. The summed E-state index contributed by atoms with van der Waals surface area (Å²) in [6.07, 6.45) is 0. The zero-order valence-corrected chi connectivity index (χ0v) is 13.0. The summed E-state index contributed by atoms with van der Waals surface area (Å²) in [7, 11) is 3.38. The summed E-state index contributed by atoms with van der Waals surface area (Å²) in [4.78, 5) is 32.5. The van der Waals surface area contributed by atoms with E-state index in [4.69, 9.17) is 4.74 Å². The number of likely N-dealkylation sites (N-methyl/N-ethyl adjacent to an activating group) is 1. The van der Waals surface area contributed by atoms with Crippen molar-refractivity contribution in [1.82, 2.24) is 9.88 Å². The maximum absolute atomic E-state index is 11.7. The molecule has 0 aromatic carbocycles. The van der Waals surface area contributed by atoms with Gasteiger partial charge in [0.15, 0.2) is 16.6 Å². The topological polar surface area (TPSA) is 62.7 Å². The molecule has 0 radical (unpaired) electrons. The second-order valence-electron chi connectivity index (χ2n) is 5.03. The highest BCUT2D eigenvalue weighted by atomic mass is 32.1. The Morgan fingerprint density at radius 2 is 2.10 bits per heavy atom. The highest BCUT2D eigenvalue weighted by Crippen LogP contribution is 2.29.